The summed E-state index contributed by atoms with van der Waals surface area (Å²) in [7, 11) is 0. The Morgan fingerprint density at radius 2 is 1.95 bits per heavy atom. The van der Waals surface area contributed by atoms with Crippen LogP contribution >= 0.6 is 24.0 Å². The highest BCUT2D eigenvalue weighted by molar-refractivity contribution is 6.30. The molecule has 0 fully saturated rings. The zero-order valence-electron chi connectivity index (χ0n) is 10.5. The minimum atomic E-state index is -0.409. The Morgan fingerprint density at radius 1 is 1.10 bits per heavy atom. The molecule has 0 spiro atoms. The largest absolute Gasteiger partial charge is 0.381 e. The fourth-order valence-electron chi connectivity index (χ4n) is 2.02. The number of hydrogen-bond acceptors (Lipinski definition) is 1. The summed E-state index contributed by atoms with van der Waals surface area (Å²) in [5.41, 5.74) is 2.97. The number of aromatic amines is 1. The summed E-state index contributed by atoms with van der Waals surface area (Å²) in [6.07, 6.45) is 1.91. The van der Waals surface area contributed by atoms with Gasteiger partial charge in [-0.05, 0) is 47.3 Å². The molecule has 0 atom stereocenters. The summed E-state index contributed by atoms with van der Waals surface area (Å²) in [5, 5.41) is 4.48. The van der Waals surface area contributed by atoms with Crippen LogP contribution in [0, 0.1) is 5.82 Å². The maximum Gasteiger partial charge on any atom is 0.143 e. The maximum atomic E-state index is 13.3. The van der Waals surface area contributed by atoms with Crippen molar-refractivity contribution in [2.75, 3.05) is 5.32 Å². The fraction of sp³-hybridized carbons (Fsp3) is 0.0667. The molecule has 0 unspecified atom stereocenters. The van der Waals surface area contributed by atoms with E-state index >= 15 is 0 Å². The number of hydrogen-bond donors (Lipinski definition) is 2. The van der Waals surface area contributed by atoms with E-state index in [0.717, 1.165) is 16.8 Å². The van der Waals surface area contributed by atoms with E-state index in [1.165, 1.54) is 11.5 Å². The number of aromatic nitrogens is 1. The first-order chi connectivity index (χ1) is 9.22. The topological polar surface area (TPSA) is 27.8 Å². The zero-order valence-corrected chi connectivity index (χ0v) is 12.1. The van der Waals surface area contributed by atoms with Crippen LogP contribution in [0.5, 0.6) is 0 Å². The predicted molar refractivity (Wildman–Crippen MR) is 84.3 cm³/mol. The van der Waals surface area contributed by atoms with Gasteiger partial charge in [0.25, 0.3) is 0 Å². The van der Waals surface area contributed by atoms with E-state index in [0.29, 0.717) is 6.54 Å². The van der Waals surface area contributed by atoms with E-state index in [4.69, 9.17) is 11.6 Å². The highest BCUT2D eigenvalue weighted by Gasteiger charge is 2.01. The molecule has 2 nitrogen and oxygen atoms in total. The van der Waals surface area contributed by atoms with Crippen LogP contribution in [0.4, 0.5) is 10.1 Å². The summed E-state index contributed by atoms with van der Waals surface area (Å²) in [6, 6.07) is 12.9. The standard InChI is InChI=1S/C15H12ClFN2.ClH/c16-13-3-2-12(8-14(13)17)19-9-10-1-4-15-11(7-10)5-6-18-15;/h1-8,18-19H,9H2;1H. The molecule has 1 aromatic heterocycles. The Hall–Kier alpha value is -1.71. The van der Waals surface area contributed by atoms with Crippen molar-refractivity contribution in [1.82, 2.24) is 4.98 Å². The van der Waals surface area contributed by atoms with Gasteiger partial charge in [-0.1, -0.05) is 17.7 Å². The molecule has 0 saturated carbocycles. The third-order valence-corrected chi connectivity index (χ3v) is 3.34. The lowest BCUT2D eigenvalue weighted by molar-refractivity contribution is 0.628. The van der Waals surface area contributed by atoms with Gasteiger partial charge < -0.3 is 10.3 Å². The Labute approximate surface area is 127 Å². The van der Waals surface area contributed by atoms with Crippen LogP contribution in [-0.4, -0.2) is 4.98 Å². The second kappa shape index (κ2) is 6.16. The lowest BCUT2D eigenvalue weighted by atomic mass is 10.1. The molecule has 0 aliphatic carbocycles. The first kappa shape index (κ1) is 14.7. The van der Waals surface area contributed by atoms with Gasteiger partial charge in [-0.3, -0.25) is 0 Å². The minimum Gasteiger partial charge on any atom is -0.381 e. The monoisotopic (exact) mass is 310 g/mol. The van der Waals surface area contributed by atoms with Crippen LogP contribution in [-0.2, 0) is 6.54 Å². The summed E-state index contributed by atoms with van der Waals surface area (Å²) >= 11 is 5.64. The quantitative estimate of drug-likeness (QED) is 0.700. The predicted octanol–water partition coefficient (Wildman–Crippen LogP) is 4.99. The summed E-state index contributed by atoms with van der Waals surface area (Å²) in [6.45, 7) is 0.641. The first-order valence-corrected chi connectivity index (χ1v) is 6.35. The number of halogens is 3. The molecule has 3 aromatic rings. The minimum absolute atomic E-state index is 0. The van der Waals surface area contributed by atoms with Crippen LogP contribution < -0.4 is 5.32 Å². The Balaban J connectivity index is 0.00000147. The normalized spacial score (nSPS) is 10.3. The van der Waals surface area contributed by atoms with Crippen molar-refractivity contribution in [1.29, 1.82) is 0 Å². The molecular formula is C15H13Cl2FN2. The molecule has 0 amide bonds. The van der Waals surface area contributed by atoms with Gasteiger partial charge >= 0.3 is 0 Å². The molecule has 3 rings (SSSR count). The van der Waals surface area contributed by atoms with Crippen LogP contribution in [0.3, 0.4) is 0 Å². The van der Waals surface area contributed by atoms with Gasteiger partial charge in [-0.25, -0.2) is 4.39 Å². The van der Waals surface area contributed by atoms with Crippen molar-refractivity contribution < 1.29 is 4.39 Å². The van der Waals surface area contributed by atoms with Gasteiger partial charge in [-0.2, -0.15) is 0 Å². The van der Waals surface area contributed by atoms with Crippen molar-refractivity contribution in [2.45, 2.75) is 6.54 Å². The van der Waals surface area contributed by atoms with Crippen molar-refractivity contribution in [3.8, 4) is 0 Å². The summed E-state index contributed by atoms with van der Waals surface area (Å²) in [5.74, 6) is -0.409. The molecule has 2 aromatic carbocycles. The number of rotatable bonds is 3. The van der Waals surface area contributed by atoms with Crippen molar-refractivity contribution >= 4 is 40.6 Å². The van der Waals surface area contributed by atoms with Crippen LogP contribution in [0.25, 0.3) is 10.9 Å². The van der Waals surface area contributed by atoms with E-state index in [1.54, 1.807) is 12.1 Å². The van der Waals surface area contributed by atoms with Gasteiger partial charge in [0.2, 0.25) is 0 Å². The molecular weight excluding hydrogens is 298 g/mol. The van der Waals surface area contributed by atoms with E-state index in [9.17, 15) is 4.39 Å². The van der Waals surface area contributed by atoms with E-state index in [-0.39, 0.29) is 17.4 Å². The average molecular weight is 311 g/mol. The van der Waals surface area contributed by atoms with Gasteiger partial charge in [0.05, 0.1) is 5.02 Å². The van der Waals surface area contributed by atoms with Crippen LogP contribution in [0.2, 0.25) is 5.02 Å². The molecule has 1 heterocycles. The van der Waals surface area contributed by atoms with Gasteiger partial charge in [-0.15, -0.1) is 12.4 Å². The molecule has 2 N–H and O–H groups in total. The lowest BCUT2D eigenvalue weighted by Crippen LogP contribution is -1.99. The third-order valence-electron chi connectivity index (χ3n) is 3.03. The molecule has 0 saturated heterocycles. The fourth-order valence-corrected chi connectivity index (χ4v) is 2.14. The molecule has 0 bridgehead atoms. The molecule has 0 radical (unpaired) electrons. The maximum absolute atomic E-state index is 13.3. The number of fused-ring (bicyclic) bond motifs is 1. The Kier molecular flexibility index (Phi) is 4.53. The lowest BCUT2D eigenvalue weighted by Gasteiger charge is -2.07. The number of benzene rings is 2. The second-order valence-electron chi connectivity index (χ2n) is 4.38. The number of anilines is 1. The SMILES string of the molecule is Cl.Fc1cc(NCc2ccc3[nH]ccc3c2)ccc1Cl. The summed E-state index contributed by atoms with van der Waals surface area (Å²) < 4.78 is 13.3. The molecule has 0 aliphatic heterocycles. The smallest absolute Gasteiger partial charge is 0.143 e. The number of nitrogens with one attached hydrogen (secondary N) is 2. The highest BCUT2D eigenvalue weighted by Crippen LogP contribution is 2.20. The molecule has 5 heteroatoms. The van der Waals surface area contributed by atoms with Crippen molar-refractivity contribution in [2.24, 2.45) is 0 Å². The van der Waals surface area contributed by atoms with Crippen molar-refractivity contribution in [3.05, 3.63) is 65.1 Å². The molecule has 20 heavy (non-hydrogen) atoms. The third kappa shape index (κ3) is 3.06. The zero-order chi connectivity index (χ0) is 13.2. The van der Waals surface area contributed by atoms with Crippen LogP contribution in [0.15, 0.2) is 48.7 Å². The second-order valence-corrected chi connectivity index (χ2v) is 4.79. The van der Waals surface area contributed by atoms with E-state index in [1.807, 2.05) is 24.4 Å². The molecule has 0 aliphatic rings. The van der Waals surface area contributed by atoms with E-state index in [2.05, 4.69) is 16.4 Å². The Morgan fingerprint density at radius 3 is 2.75 bits per heavy atom. The summed E-state index contributed by atoms with van der Waals surface area (Å²) in [4.78, 5) is 3.15. The van der Waals surface area contributed by atoms with Gasteiger partial charge in [0.15, 0.2) is 0 Å². The van der Waals surface area contributed by atoms with Gasteiger partial charge in [0, 0.05) is 23.9 Å². The Bertz CT molecular complexity index is 725. The molecule has 104 valence electrons. The van der Waals surface area contributed by atoms with Gasteiger partial charge in [0.1, 0.15) is 5.82 Å². The van der Waals surface area contributed by atoms with E-state index < -0.39 is 5.82 Å². The van der Waals surface area contributed by atoms with Crippen molar-refractivity contribution in [3.63, 3.8) is 0 Å². The first-order valence-electron chi connectivity index (χ1n) is 5.97. The average Bonchev–Trinajstić information content (AvgIpc) is 2.87. The highest BCUT2D eigenvalue weighted by atomic mass is 35.5. The number of H-pyrrole nitrogens is 1. The van der Waals surface area contributed by atoms with Crippen LogP contribution in [0.1, 0.15) is 5.56 Å².